The first-order valence-corrected chi connectivity index (χ1v) is 6.76. The normalized spacial score (nSPS) is 18.5. The predicted molar refractivity (Wildman–Crippen MR) is 74.2 cm³/mol. The van der Waals surface area contributed by atoms with Crippen molar-refractivity contribution in [3.63, 3.8) is 0 Å². The summed E-state index contributed by atoms with van der Waals surface area (Å²) in [6.45, 7) is 2.27. The largest absolute Gasteiger partial charge is 0.481 e. The molecule has 2 N–H and O–H groups in total. The average molecular weight is 265 g/mol. The van der Waals surface area contributed by atoms with E-state index in [2.05, 4.69) is 16.9 Å². The number of methoxy groups -OCH3 is 1. The second-order valence-corrected chi connectivity index (χ2v) is 4.89. The van der Waals surface area contributed by atoms with Gasteiger partial charge in [0, 0.05) is 44.1 Å². The predicted octanol–water partition coefficient (Wildman–Crippen LogP) is 1.20. The molecule has 0 aliphatic carbocycles. The van der Waals surface area contributed by atoms with Gasteiger partial charge < -0.3 is 15.2 Å². The van der Waals surface area contributed by atoms with Crippen molar-refractivity contribution < 1.29 is 9.47 Å². The molecule has 2 rings (SSSR count). The Kier molecular flexibility index (Phi) is 5.13. The van der Waals surface area contributed by atoms with E-state index in [1.54, 1.807) is 7.11 Å². The molecule has 106 valence electrons. The van der Waals surface area contributed by atoms with Crippen LogP contribution in [0.2, 0.25) is 0 Å². The molecule has 1 aliphatic rings. The zero-order valence-electron chi connectivity index (χ0n) is 11.7. The Morgan fingerprint density at radius 1 is 1.47 bits per heavy atom. The Morgan fingerprint density at radius 3 is 2.74 bits per heavy atom. The number of aromatic nitrogens is 1. The van der Waals surface area contributed by atoms with Crippen LogP contribution in [0.1, 0.15) is 24.4 Å². The monoisotopic (exact) mass is 265 g/mol. The standard InChI is InChI=1S/C14H23N3O2/c1-17(12-5-7-19-8-6-12)13(9-15)11-3-4-14(18-2)16-10-11/h3-4,10,12-13H,5-9,15H2,1-2H3. The van der Waals surface area contributed by atoms with Crippen molar-refractivity contribution in [3.05, 3.63) is 23.9 Å². The van der Waals surface area contributed by atoms with E-state index in [0.29, 0.717) is 18.5 Å². The molecule has 19 heavy (non-hydrogen) atoms. The lowest BCUT2D eigenvalue weighted by Crippen LogP contribution is -2.41. The van der Waals surface area contributed by atoms with Crippen molar-refractivity contribution in [1.82, 2.24) is 9.88 Å². The van der Waals surface area contributed by atoms with Gasteiger partial charge in [-0.3, -0.25) is 4.90 Å². The number of nitrogens with two attached hydrogens (primary N) is 1. The Balaban J connectivity index is 2.08. The minimum atomic E-state index is 0.196. The quantitative estimate of drug-likeness (QED) is 0.867. The highest BCUT2D eigenvalue weighted by Crippen LogP contribution is 2.25. The molecular formula is C14H23N3O2. The summed E-state index contributed by atoms with van der Waals surface area (Å²) in [6, 6.07) is 4.65. The highest BCUT2D eigenvalue weighted by Gasteiger charge is 2.25. The number of nitrogens with zero attached hydrogens (tertiary/aromatic N) is 2. The second-order valence-electron chi connectivity index (χ2n) is 4.89. The lowest BCUT2D eigenvalue weighted by Gasteiger charge is -2.36. The van der Waals surface area contributed by atoms with Gasteiger partial charge in [-0.05, 0) is 25.5 Å². The summed E-state index contributed by atoms with van der Waals surface area (Å²) in [6.07, 6.45) is 3.99. The lowest BCUT2D eigenvalue weighted by molar-refractivity contribution is 0.0293. The van der Waals surface area contributed by atoms with Gasteiger partial charge in [0.2, 0.25) is 5.88 Å². The van der Waals surface area contributed by atoms with Crippen molar-refractivity contribution in [3.8, 4) is 5.88 Å². The fourth-order valence-electron chi connectivity index (χ4n) is 2.59. The number of ether oxygens (including phenoxy) is 2. The molecular weight excluding hydrogens is 242 g/mol. The highest BCUT2D eigenvalue weighted by molar-refractivity contribution is 5.21. The minimum absolute atomic E-state index is 0.196. The van der Waals surface area contributed by atoms with Crippen LogP contribution in [0, 0.1) is 0 Å². The Labute approximate surface area is 114 Å². The van der Waals surface area contributed by atoms with Gasteiger partial charge in [0.05, 0.1) is 7.11 Å². The SMILES string of the molecule is COc1ccc(C(CN)N(C)C2CCOCC2)cn1. The number of hydrogen-bond donors (Lipinski definition) is 1. The molecule has 5 nitrogen and oxygen atoms in total. The molecule has 1 fully saturated rings. The minimum Gasteiger partial charge on any atom is -0.481 e. The first kappa shape index (κ1) is 14.2. The van der Waals surface area contributed by atoms with Gasteiger partial charge in [0.15, 0.2) is 0 Å². The number of likely N-dealkylation sites (N-methyl/N-ethyl adjacent to an activating group) is 1. The van der Waals surface area contributed by atoms with Crippen LogP contribution >= 0.6 is 0 Å². The summed E-state index contributed by atoms with van der Waals surface area (Å²) in [5.41, 5.74) is 7.09. The molecule has 0 bridgehead atoms. The van der Waals surface area contributed by atoms with Crippen molar-refractivity contribution >= 4 is 0 Å². The van der Waals surface area contributed by atoms with Gasteiger partial charge >= 0.3 is 0 Å². The van der Waals surface area contributed by atoms with Gasteiger partial charge in [-0.15, -0.1) is 0 Å². The summed E-state index contributed by atoms with van der Waals surface area (Å²) < 4.78 is 10.5. The number of pyridine rings is 1. The molecule has 0 saturated carbocycles. The molecule has 1 unspecified atom stereocenters. The van der Waals surface area contributed by atoms with Gasteiger partial charge in [-0.25, -0.2) is 4.98 Å². The first-order valence-electron chi connectivity index (χ1n) is 6.76. The third-order valence-electron chi connectivity index (χ3n) is 3.83. The van der Waals surface area contributed by atoms with Crippen LogP contribution in [0.4, 0.5) is 0 Å². The van der Waals surface area contributed by atoms with Crippen LogP contribution in [0.3, 0.4) is 0 Å². The molecule has 0 spiro atoms. The van der Waals surface area contributed by atoms with Crippen LogP contribution in [-0.2, 0) is 4.74 Å². The molecule has 1 atom stereocenters. The third-order valence-corrected chi connectivity index (χ3v) is 3.83. The smallest absolute Gasteiger partial charge is 0.212 e. The van der Waals surface area contributed by atoms with E-state index in [9.17, 15) is 0 Å². The molecule has 2 heterocycles. The van der Waals surface area contributed by atoms with E-state index in [-0.39, 0.29) is 6.04 Å². The highest BCUT2D eigenvalue weighted by atomic mass is 16.5. The second kappa shape index (κ2) is 6.84. The fraction of sp³-hybridized carbons (Fsp3) is 0.643. The molecule has 1 saturated heterocycles. The summed E-state index contributed by atoms with van der Waals surface area (Å²) >= 11 is 0. The molecule has 0 aromatic carbocycles. The number of hydrogen-bond acceptors (Lipinski definition) is 5. The van der Waals surface area contributed by atoms with Crippen molar-refractivity contribution in [1.29, 1.82) is 0 Å². The van der Waals surface area contributed by atoms with Crippen LogP contribution in [0.15, 0.2) is 18.3 Å². The maximum atomic E-state index is 5.95. The van der Waals surface area contributed by atoms with E-state index in [1.165, 1.54) is 0 Å². The summed E-state index contributed by atoms with van der Waals surface area (Å²) in [7, 11) is 3.76. The zero-order chi connectivity index (χ0) is 13.7. The van der Waals surface area contributed by atoms with Crippen LogP contribution in [-0.4, -0.2) is 49.8 Å². The fourth-order valence-corrected chi connectivity index (χ4v) is 2.59. The molecule has 0 amide bonds. The first-order chi connectivity index (χ1) is 9.26. The molecule has 0 radical (unpaired) electrons. The summed E-state index contributed by atoms with van der Waals surface area (Å²) in [4.78, 5) is 6.62. The average Bonchev–Trinajstić information content (AvgIpc) is 2.49. The molecule has 1 aromatic rings. The maximum absolute atomic E-state index is 5.95. The Morgan fingerprint density at radius 2 is 2.21 bits per heavy atom. The van der Waals surface area contributed by atoms with Crippen molar-refractivity contribution in [2.24, 2.45) is 5.73 Å². The summed E-state index contributed by atoms with van der Waals surface area (Å²) in [5.74, 6) is 0.633. The van der Waals surface area contributed by atoms with E-state index in [0.717, 1.165) is 31.6 Å². The Bertz CT molecular complexity index is 377. The van der Waals surface area contributed by atoms with Crippen LogP contribution < -0.4 is 10.5 Å². The van der Waals surface area contributed by atoms with Crippen molar-refractivity contribution in [2.45, 2.75) is 24.9 Å². The number of rotatable bonds is 5. The Hall–Kier alpha value is -1.17. The molecule has 1 aliphatic heterocycles. The summed E-state index contributed by atoms with van der Waals surface area (Å²) in [5, 5.41) is 0. The molecule has 5 heteroatoms. The van der Waals surface area contributed by atoms with Gasteiger partial charge in [0.1, 0.15) is 0 Å². The van der Waals surface area contributed by atoms with Gasteiger partial charge in [0.25, 0.3) is 0 Å². The third kappa shape index (κ3) is 3.43. The van der Waals surface area contributed by atoms with Crippen LogP contribution in [0.5, 0.6) is 5.88 Å². The zero-order valence-corrected chi connectivity index (χ0v) is 11.7. The lowest BCUT2D eigenvalue weighted by atomic mass is 10.0. The topological polar surface area (TPSA) is 60.6 Å². The van der Waals surface area contributed by atoms with Gasteiger partial charge in [-0.2, -0.15) is 0 Å². The van der Waals surface area contributed by atoms with Gasteiger partial charge in [-0.1, -0.05) is 6.07 Å². The van der Waals surface area contributed by atoms with E-state index in [1.807, 2.05) is 18.3 Å². The molecule has 1 aromatic heterocycles. The van der Waals surface area contributed by atoms with Crippen LogP contribution in [0.25, 0.3) is 0 Å². The van der Waals surface area contributed by atoms with Crippen molar-refractivity contribution in [2.75, 3.05) is 33.9 Å². The maximum Gasteiger partial charge on any atom is 0.212 e. The van der Waals surface area contributed by atoms with E-state index < -0.39 is 0 Å². The van der Waals surface area contributed by atoms with E-state index in [4.69, 9.17) is 15.2 Å². The van der Waals surface area contributed by atoms with E-state index >= 15 is 0 Å².